The van der Waals surface area contributed by atoms with Crippen LogP contribution in [0.25, 0.3) is 0 Å². The van der Waals surface area contributed by atoms with Crippen LogP contribution in [0.1, 0.15) is 39.2 Å². The summed E-state index contributed by atoms with van der Waals surface area (Å²) in [6, 6.07) is 21.9. The van der Waals surface area contributed by atoms with Crippen LogP contribution >= 0.6 is 0 Å². The summed E-state index contributed by atoms with van der Waals surface area (Å²) in [6.07, 6.45) is 1.25. The molecule has 0 saturated heterocycles. The number of aromatic nitrogens is 4. The average Bonchev–Trinajstić information content (AvgIpc) is 3.03. The number of hydrogen-bond donors (Lipinski definition) is 1. The summed E-state index contributed by atoms with van der Waals surface area (Å²) in [4.78, 5) is 0. The van der Waals surface area contributed by atoms with Crippen molar-refractivity contribution < 1.29 is 0 Å². The zero-order chi connectivity index (χ0) is 14.8. The van der Waals surface area contributed by atoms with E-state index in [-0.39, 0.29) is 22.3 Å². The van der Waals surface area contributed by atoms with Gasteiger partial charge in [0.05, 0.1) is 12.5 Å². The molecule has 5 heteroatoms. The van der Waals surface area contributed by atoms with Crippen LogP contribution < -0.4 is 0 Å². The minimum Gasteiger partial charge on any atom is -0.198 e. The normalized spacial score (nSPS) is 8.12. The smallest absolute Gasteiger partial charge is 0.178 e. The van der Waals surface area contributed by atoms with E-state index in [1.54, 1.807) is 0 Å². The minimum absolute atomic E-state index is 0. The highest BCUT2D eigenvalue weighted by Crippen LogP contribution is 2.02. The molecule has 0 saturated carbocycles. The Kier molecular flexibility index (Phi) is 13.2. The van der Waals surface area contributed by atoms with Gasteiger partial charge in [0.25, 0.3) is 0 Å². The van der Waals surface area contributed by atoms with Crippen molar-refractivity contribution in [1.82, 2.24) is 20.6 Å². The second kappa shape index (κ2) is 13.6. The molecule has 3 rings (SSSR count). The molecular weight excluding hydrogens is 298 g/mol. The van der Waals surface area contributed by atoms with Gasteiger partial charge in [0.15, 0.2) is 5.82 Å². The lowest BCUT2D eigenvalue weighted by atomic mass is 10.1. The van der Waals surface area contributed by atoms with Gasteiger partial charge >= 0.3 is 0 Å². The first kappa shape index (κ1) is 23.3. The molecule has 0 aliphatic rings. The van der Waals surface area contributed by atoms with Crippen molar-refractivity contribution in [1.29, 1.82) is 5.26 Å². The van der Waals surface area contributed by atoms with E-state index < -0.39 is 0 Å². The van der Waals surface area contributed by atoms with Gasteiger partial charge in [-0.1, -0.05) is 88.2 Å². The second-order valence-electron chi connectivity index (χ2n) is 4.31. The van der Waals surface area contributed by atoms with Gasteiger partial charge in [0.1, 0.15) is 0 Å². The summed E-state index contributed by atoms with van der Waals surface area (Å²) in [5, 5.41) is 21.9. The summed E-state index contributed by atoms with van der Waals surface area (Å²) in [5.41, 5.74) is 2.28. The monoisotopic (exact) mass is 325 g/mol. The fourth-order valence-electron chi connectivity index (χ4n) is 1.72. The van der Waals surface area contributed by atoms with Crippen LogP contribution in [0.4, 0.5) is 0 Å². The van der Waals surface area contributed by atoms with E-state index in [4.69, 9.17) is 5.26 Å². The molecule has 0 aliphatic heterocycles. The van der Waals surface area contributed by atoms with Crippen molar-refractivity contribution in [2.24, 2.45) is 0 Å². The number of benzene rings is 2. The van der Waals surface area contributed by atoms with Gasteiger partial charge in [-0.3, -0.25) is 0 Å². The Morgan fingerprint density at radius 1 is 0.833 bits per heavy atom. The molecule has 1 aromatic heterocycles. The number of tetrazole rings is 1. The highest BCUT2D eigenvalue weighted by Gasteiger charge is 1.98. The van der Waals surface area contributed by atoms with Gasteiger partial charge in [-0.05, 0) is 11.1 Å². The first-order chi connectivity index (χ1) is 10.4. The minimum atomic E-state index is 0. The molecule has 0 radical (unpaired) electrons. The van der Waals surface area contributed by atoms with E-state index in [2.05, 4.69) is 26.7 Å². The predicted octanol–water partition coefficient (Wildman–Crippen LogP) is 4.45. The molecule has 0 atom stereocenters. The maximum absolute atomic E-state index is 8.27. The highest BCUT2D eigenvalue weighted by molar-refractivity contribution is 5.18. The number of hydrogen-bond acceptors (Lipinski definition) is 4. The third-order valence-electron chi connectivity index (χ3n) is 2.72. The van der Waals surface area contributed by atoms with E-state index in [0.717, 1.165) is 17.8 Å². The lowest BCUT2D eigenvalue weighted by molar-refractivity contribution is 0.881. The number of rotatable bonds is 3. The van der Waals surface area contributed by atoms with Crippen molar-refractivity contribution >= 4 is 0 Å². The van der Waals surface area contributed by atoms with Gasteiger partial charge < -0.3 is 0 Å². The third kappa shape index (κ3) is 8.44. The molecule has 0 aliphatic carbocycles. The largest absolute Gasteiger partial charge is 0.198 e. The Hall–Kier alpha value is -3.00. The fraction of sp³-hybridized carbons (Fsp3) is 0.263. The lowest BCUT2D eigenvalue weighted by Crippen LogP contribution is -1.89. The molecule has 0 fully saturated rings. The Morgan fingerprint density at radius 2 is 1.38 bits per heavy atom. The molecule has 24 heavy (non-hydrogen) atoms. The standard InChI is InChI=1S/C8H8N4.C8H7N.3CH4/c1-2-4-7(5-3-1)6-8-9-11-12-10-8;9-7-6-8-4-2-1-3-5-8;;;/h1-5H,6H2,(H,9,10,11,12);1-5H,6H2;3*1H4. The number of nitriles is 1. The van der Waals surface area contributed by atoms with E-state index in [1.165, 1.54) is 5.56 Å². The van der Waals surface area contributed by atoms with Crippen LogP contribution in [0, 0.1) is 11.3 Å². The average molecular weight is 325 g/mol. The van der Waals surface area contributed by atoms with E-state index in [1.807, 2.05) is 60.7 Å². The zero-order valence-electron chi connectivity index (χ0n) is 11.5. The van der Waals surface area contributed by atoms with Crippen molar-refractivity contribution in [2.75, 3.05) is 0 Å². The Balaban J connectivity index is 0. The summed E-state index contributed by atoms with van der Waals surface area (Å²) in [7, 11) is 0. The SMILES string of the molecule is C.C.C.N#CCc1ccccc1.c1ccc(Cc2nn[nH]n2)cc1. The predicted molar refractivity (Wildman–Crippen MR) is 99.4 cm³/mol. The van der Waals surface area contributed by atoms with Crippen LogP contribution in [-0.4, -0.2) is 20.6 Å². The first-order valence-electron chi connectivity index (χ1n) is 6.55. The lowest BCUT2D eigenvalue weighted by Gasteiger charge is -1.93. The van der Waals surface area contributed by atoms with Gasteiger partial charge in [-0.2, -0.15) is 10.5 Å². The molecule has 2 aromatic carbocycles. The summed E-state index contributed by atoms with van der Waals surface area (Å²) in [6.45, 7) is 0. The number of nitrogens with zero attached hydrogens (tertiary/aromatic N) is 4. The van der Waals surface area contributed by atoms with Gasteiger partial charge in [-0.15, -0.1) is 10.2 Å². The van der Waals surface area contributed by atoms with Crippen molar-refractivity contribution in [3.8, 4) is 6.07 Å². The molecular formula is C19H27N5. The van der Waals surface area contributed by atoms with Gasteiger partial charge in [0, 0.05) is 6.42 Å². The topological polar surface area (TPSA) is 78.2 Å². The maximum atomic E-state index is 8.27. The Bertz CT molecular complexity index is 658. The van der Waals surface area contributed by atoms with Crippen LogP contribution in [0.2, 0.25) is 0 Å². The van der Waals surface area contributed by atoms with Crippen LogP contribution in [0.15, 0.2) is 60.7 Å². The van der Waals surface area contributed by atoms with E-state index >= 15 is 0 Å². The molecule has 1 N–H and O–H groups in total. The van der Waals surface area contributed by atoms with E-state index in [0.29, 0.717) is 6.42 Å². The molecule has 5 nitrogen and oxygen atoms in total. The molecule has 0 unspecified atom stereocenters. The third-order valence-corrected chi connectivity index (χ3v) is 2.72. The van der Waals surface area contributed by atoms with Crippen molar-refractivity contribution in [3.63, 3.8) is 0 Å². The van der Waals surface area contributed by atoms with Crippen LogP contribution in [0.3, 0.4) is 0 Å². The molecule has 3 aromatic rings. The maximum Gasteiger partial charge on any atom is 0.178 e. The second-order valence-corrected chi connectivity index (χ2v) is 4.31. The Labute approximate surface area is 145 Å². The van der Waals surface area contributed by atoms with Crippen LogP contribution in [0.5, 0.6) is 0 Å². The fourth-order valence-corrected chi connectivity index (χ4v) is 1.72. The number of H-pyrrole nitrogens is 1. The molecule has 128 valence electrons. The first-order valence-corrected chi connectivity index (χ1v) is 6.55. The van der Waals surface area contributed by atoms with Gasteiger partial charge in [0.2, 0.25) is 0 Å². The number of nitrogens with one attached hydrogen (secondary N) is 1. The molecule has 0 spiro atoms. The summed E-state index contributed by atoms with van der Waals surface area (Å²) in [5.74, 6) is 0.723. The van der Waals surface area contributed by atoms with Crippen molar-refractivity contribution in [3.05, 3.63) is 77.6 Å². The van der Waals surface area contributed by atoms with Gasteiger partial charge in [-0.25, -0.2) is 0 Å². The highest BCUT2D eigenvalue weighted by atomic mass is 15.5. The Morgan fingerprint density at radius 3 is 1.83 bits per heavy atom. The molecule has 0 amide bonds. The summed E-state index contributed by atoms with van der Waals surface area (Å²) < 4.78 is 0. The van der Waals surface area contributed by atoms with Crippen molar-refractivity contribution in [2.45, 2.75) is 35.1 Å². The van der Waals surface area contributed by atoms with Crippen LogP contribution in [-0.2, 0) is 12.8 Å². The summed E-state index contributed by atoms with van der Waals surface area (Å²) >= 11 is 0. The quantitative estimate of drug-likeness (QED) is 0.771. The van der Waals surface area contributed by atoms with E-state index in [9.17, 15) is 0 Å². The molecule has 1 heterocycles. The zero-order valence-corrected chi connectivity index (χ0v) is 11.5. The molecule has 0 bridgehead atoms. The number of aromatic amines is 1.